The maximum atomic E-state index is 11.9. The number of aliphatic hydroxyl groups excluding tert-OH is 1. The van der Waals surface area contributed by atoms with E-state index in [1.165, 1.54) is 6.20 Å². The summed E-state index contributed by atoms with van der Waals surface area (Å²) in [6.45, 7) is 3.10. The zero-order chi connectivity index (χ0) is 12.9. The van der Waals surface area contributed by atoms with Crippen molar-refractivity contribution in [2.45, 2.75) is 6.18 Å². The normalized spacial score (nSPS) is 18.9. The smallest absolute Gasteiger partial charge is 0.395 e. The Bertz CT molecular complexity index is 284. The third-order valence-electron chi connectivity index (χ3n) is 2.54. The van der Waals surface area contributed by atoms with Gasteiger partial charge in [0.05, 0.1) is 6.61 Å². The second-order valence-electron chi connectivity index (χ2n) is 3.78. The minimum Gasteiger partial charge on any atom is -0.395 e. The number of carbonyl (C=O) groups excluding carboxylic acids is 1. The number of piperazine rings is 1. The van der Waals surface area contributed by atoms with Gasteiger partial charge in [-0.1, -0.05) is 0 Å². The van der Waals surface area contributed by atoms with Crippen molar-refractivity contribution in [3.8, 4) is 0 Å². The molecule has 1 heterocycles. The van der Waals surface area contributed by atoms with Crippen molar-refractivity contribution in [2.75, 3.05) is 39.3 Å². The molecule has 0 aromatic carbocycles. The van der Waals surface area contributed by atoms with Gasteiger partial charge in [0.25, 0.3) is 5.78 Å². The Morgan fingerprint density at radius 2 is 1.82 bits per heavy atom. The maximum absolute atomic E-state index is 11.9. The van der Waals surface area contributed by atoms with E-state index in [0.717, 1.165) is 0 Å². The predicted octanol–water partition coefficient (Wildman–Crippen LogP) is 0.241. The summed E-state index contributed by atoms with van der Waals surface area (Å²) in [5, 5.41) is 8.71. The Hall–Kier alpha value is -1.08. The molecule has 1 aliphatic rings. The summed E-state index contributed by atoms with van der Waals surface area (Å²) in [7, 11) is 0. The summed E-state index contributed by atoms with van der Waals surface area (Å²) < 4.78 is 35.7. The van der Waals surface area contributed by atoms with Crippen LogP contribution in [0.3, 0.4) is 0 Å². The number of nitrogens with zero attached hydrogens (tertiary/aromatic N) is 2. The third-order valence-corrected chi connectivity index (χ3v) is 2.54. The van der Waals surface area contributed by atoms with Crippen LogP contribution in [0.5, 0.6) is 0 Å². The number of allylic oxidation sites excluding steroid dienone is 1. The van der Waals surface area contributed by atoms with Gasteiger partial charge in [-0.25, -0.2) is 0 Å². The molecule has 0 unspecified atom stereocenters. The average Bonchev–Trinajstić information content (AvgIpc) is 2.27. The molecule has 1 saturated heterocycles. The van der Waals surface area contributed by atoms with Gasteiger partial charge in [-0.05, 0) is 0 Å². The van der Waals surface area contributed by atoms with E-state index in [2.05, 4.69) is 0 Å². The van der Waals surface area contributed by atoms with Crippen molar-refractivity contribution >= 4 is 5.78 Å². The highest BCUT2D eigenvalue weighted by atomic mass is 19.4. The lowest BCUT2D eigenvalue weighted by atomic mass is 10.3. The molecule has 1 N–H and O–H groups in total. The molecule has 0 spiro atoms. The van der Waals surface area contributed by atoms with E-state index in [1.807, 2.05) is 4.90 Å². The van der Waals surface area contributed by atoms with Crippen LogP contribution in [-0.4, -0.2) is 66.2 Å². The fourth-order valence-corrected chi connectivity index (χ4v) is 1.55. The molecular formula is C10H15F3N2O2. The highest BCUT2D eigenvalue weighted by Gasteiger charge is 2.36. The zero-order valence-corrected chi connectivity index (χ0v) is 9.28. The average molecular weight is 252 g/mol. The SMILES string of the molecule is O=C(C=CN1CCN(CCO)CC1)C(F)(F)F. The van der Waals surface area contributed by atoms with Crippen molar-refractivity contribution < 1.29 is 23.1 Å². The maximum Gasteiger partial charge on any atom is 0.454 e. The van der Waals surface area contributed by atoms with Crippen LogP contribution in [0, 0.1) is 0 Å². The molecule has 0 aromatic rings. The van der Waals surface area contributed by atoms with Gasteiger partial charge in [0, 0.05) is 45.0 Å². The zero-order valence-electron chi connectivity index (χ0n) is 9.28. The standard InChI is InChI=1S/C10H15F3N2O2/c11-10(12,13)9(17)1-2-14-3-5-15(6-4-14)7-8-16/h1-2,16H,3-8H2. The van der Waals surface area contributed by atoms with Crippen LogP contribution in [-0.2, 0) is 4.79 Å². The van der Waals surface area contributed by atoms with Gasteiger partial charge in [-0.2, -0.15) is 13.2 Å². The molecule has 1 rings (SSSR count). The van der Waals surface area contributed by atoms with Crippen molar-refractivity contribution in [3.05, 3.63) is 12.3 Å². The number of β-amino-alcohol motifs (C(OH)–C–C–N with tert-alkyl or cyclic N) is 1. The number of alkyl halides is 3. The van der Waals surface area contributed by atoms with Crippen LogP contribution in [0.4, 0.5) is 13.2 Å². The third kappa shape index (κ3) is 4.74. The van der Waals surface area contributed by atoms with Gasteiger partial charge < -0.3 is 10.0 Å². The number of rotatable bonds is 4. The summed E-state index contributed by atoms with van der Waals surface area (Å²) in [6.07, 6.45) is -3.05. The molecule has 7 heteroatoms. The van der Waals surface area contributed by atoms with E-state index in [-0.39, 0.29) is 6.61 Å². The number of hydrogen-bond donors (Lipinski definition) is 1. The highest BCUT2D eigenvalue weighted by Crippen LogP contribution is 2.16. The highest BCUT2D eigenvalue weighted by molar-refractivity contribution is 5.94. The Kier molecular flexibility index (Phi) is 4.95. The van der Waals surface area contributed by atoms with Gasteiger partial charge in [-0.3, -0.25) is 9.69 Å². The molecular weight excluding hydrogens is 237 g/mol. The van der Waals surface area contributed by atoms with E-state index in [4.69, 9.17) is 5.11 Å². The monoisotopic (exact) mass is 252 g/mol. The summed E-state index contributed by atoms with van der Waals surface area (Å²) in [6, 6.07) is 0. The lowest BCUT2D eigenvalue weighted by molar-refractivity contribution is -0.165. The molecule has 0 atom stereocenters. The van der Waals surface area contributed by atoms with Crippen LogP contribution in [0.25, 0.3) is 0 Å². The number of carbonyl (C=O) groups is 1. The van der Waals surface area contributed by atoms with E-state index < -0.39 is 12.0 Å². The summed E-state index contributed by atoms with van der Waals surface area (Å²) >= 11 is 0. The Morgan fingerprint density at radius 3 is 2.29 bits per heavy atom. The topological polar surface area (TPSA) is 43.8 Å². The van der Waals surface area contributed by atoms with Crippen LogP contribution >= 0.6 is 0 Å². The van der Waals surface area contributed by atoms with Gasteiger partial charge in [0.15, 0.2) is 0 Å². The van der Waals surface area contributed by atoms with Crippen LogP contribution in [0.1, 0.15) is 0 Å². The quantitative estimate of drug-likeness (QED) is 0.728. The minimum atomic E-state index is -4.80. The Balaban J connectivity index is 2.35. The summed E-state index contributed by atoms with van der Waals surface area (Å²) in [5.74, 6) is -1.84. The van der Waals surface area contributed by atoms with Crippen LogP contribution in [0.15, 0.2) is 12.3 Å². The fraction of sp³-hybridized carbons (Fsp3) is 0.700. The van der Waals surface area contributed by atoms with E-state index in [9.17, 15) is 18.0 Å². The minimum absolute atomic E-state index is 0.0718. The first kappa shape index (κ1) is 14.0. The van der Waals surface area contributed by atoms with Gasteiger partial charge >= 0.3 is 6.18 Å². The molecule has 1 fully saturated rings. The van der Waals surface area contributed by atoms with E-state index in [1.54, 1.807) is 4.90 Å². The Labute approximate surface area is 97.3 Å². The Morgan fingerprint density at radius 1 is 1.24 bits per heavy atom. The second-order valence-corrected chi connectivity index (χ2v) is 3.78. The molecule has 0 aliphatic carbocycles. The predicted molar refractivity (Wildman–Crippen MR) is 55.3 cm³/mol. The lowest BCUT2D eigenvalue weighted by Crippen LogP contribution is -2.45. The van der Waals surface area contributed by atoms with Crippen LogP contribution < -0.4 is 0 Å². The number of halogens is 3. The number of aliphatic hydroxyl groups is 1. The van der Waals surface area contributed by atoms with E-state index >= 15 is 0 Å². The lowest BCUT2D eigenvalue weighted by Gasteiger charge is -2.33. The first-order valence-corrected chi connectivity index (χ1v) is 5.30. The molecule has 0 bridgehead atoms. The van der Waals surface area contributed by atoms with Crippen LogP contribution in [0.2, 0.25) is 0 Å². The van der Waals surface area contributed by atoms with Crippen molar-refractivity contribution in [3.63, 3.8) is 0 Å². The second kappa shape index (κ2) is 6.02. The van der Waals surface area contributed by atoms with Crippen molar-refractivity contribution in [1.29, 1.82) is 0 Å². The molecule has 0 saturated carbocycles. The van der Waals surface area contributed by atoms with E-state index in [0.29, 0.717) is 38.8 Å². The number of ketones is 1. The molecule has 0 aromatic heterocycles. The van der Waals surface area contributed by atoms with Crippen molar-refractivity contribution in [1.82, 2.24) is 9.80 Å². The van der Waals surface area contributed by atoms with Gasteiger partial charge in [-0.15, -0.1) is 0 Å². The van der Waals surface area contributed by atoms with Gasteiger partial charge in [0.2, 0.25) is 0 Å². The molecule has 0 radical (unpaired) electrons. The molecule has 17 heavy (non-hydrogen) atoms. The fourth-order valence-electron chi connectivity index (χ4n) is 1.55. The van der Waals surface area contributed by atoms with Gasteiger partial charge in [0.1, 0.15) is 0 Å². The number of hydrogen-bond acceptors (Lipinski definition) is 4. The molecule has 0 amide bonds. The first-order chi connectivity index (χ1) is 7.93. The largest absolute Gasteiger partial charge is 0.454 e. The summed E-state index contributed by atoms with van der Waals surface area (Å²) in [5.41, 5.74) is 0. The molecule has 4 nitrogen and oxygen atoms in total. The molecule has 1 aliphatic heterocycles. The van der Waals surface area contributed by atoms with Crippen molar-refractivity contribution in [2.24, 2.45) is 0 Å². The summed E-state index contributed by atoms with van der Waals surface area (Å²) in [4.78, 5) is 14.3. The first-order valence-electron chi connectivity index (χ1n) is 5.30. The molecule has 98 valence electrons.